The molecule has 0 aliphatic carbocycles. The van der Waals surface area contributed by atoms with Crippen molar-refractivity contribution in [1.29, 1.82) is 0 Å². The molecule has 0 aliphatic rings. The number of methoxy groups -OCH3 is 1. The largest absolute Gasteiger partial charge is 0.494 e. The zero-order valence-corrected chi connectivity index (χ0v) is 13.9. The van der Waals surface area contributed by atoms with Gasteiger partial charge < -0.3 is 4.74 Å². The lowest BCUT2D eigenvalue weighted by atomic mass is 10.1. The van der Waals surface area contributed by atoms with E-state index in [2.05, 4.69) is 31.9 Å². The number of hydrogen-bond donors (Lipinski definition) is 0. The minimum Gasteiger partial charge on any atom is -0.494 e. The number of rotatable bonds is 4. The third kappa shape index (κ3) is 3.43. The highest BCUT2D eigenvalue weighted by Gasteiger charge is 2.15. The van der Waals surface area contributed by atoms with E-state index in [1.165, 1.54) is 30.6 Å². The van der Waals surface area contributed by atoms with Crippen LogP contribution in [-0.4, -0.2) is 12.9 Å². The van der Waals surface area contributed by atoms with E-state index >= 15 is 0 Å². The molecule has 0 saturated carbocycles. The number of carbonyl (C=O) groups is 1. The first kappa shape index (κ1) is 14.7. The van der Waals surface area contributed by atoms with Crippen LogP contribution in [0.25, 0.3) is 0 Å². The molecule has 1 heterocycles. The Morgan fingerprint density at radius 2 is 2.11 bits per heavy atom. The molecule has 0 atom stereocenters. The van der Waals surface area contributed by atoms with E-state index in [9.17, 15) is 9.18 Å². The molecule has 19 heavy (non-hydrogen) atoms. The van der Waals surface area contributed by atoms with Gasteiger partial charge in [0.2, 0.25) is 0 Å². The first-order chi connectivity index (χ1) is 9.01. The molecule has 0 saturated heterocycles. The van der Waals surface area contributed by atoms with E-state index in [0.717, 1.165) is 7.57 Å². The Balaban J connectivity index is 2.19. The lowest BCUT2D eigenvalue weighted by molar-refractivity contribution is 0.0992. The molecule has 1 aromatic heterocycles. The Bertz CT molecular complexity index is 625. The molecule has 0 bridgehead atoms. The Hall–Kier alpha value is -0.720. The van der Waals surface area contributed by atoms with Crippen LogP contribution < -0.4 is 4.74 Å². The van der Waals surface area contributed by atoms with Crippen molar-refractivity contribution < 1.29 is 13.9 Å². The fourth-order valence-corrected chi connectivity index (χ4v) is 4.49. The Morgan fingerprint density at radius 3 is 2.63 bits per heavy atom. The maximum atomic E-state index is 13.5. The van der Waals surface area contributed by atoms with Gasteiger partial charge in [0.05, 0.1) is 14.7 Å². The van der Waals surface area contributed by atoms with Crippen molar-refractivity contribution in [2.75, 3.05) is 7.11 Å². The lowest BCUT2D eigenvalue weighted by Gasteiger charge is -2.04. The Labute approximate surface area is 130 Å². The van der Waals surface area contributed by atoms with Crippen LogP contribution in [0.1, 0.15) is 15.9 Å². The van der Waals surface area contributed by atoms with Gasteiger partial charge in [-0.15, -0.1) is 11.3 Å². The molecule has 1 aromatic carbocycles. The molecule has 0 unspecified atom stereocenters. The van der Waals surface area contributed by atoms with E-state index in [1.54, 1.807) is 12.1 Å². The molecular formula is C13H9Br2FO2S. The third-order valence-electron chi connectivity index (χ3n) is 2.54. The molecule has 0 radical (unpaired) electrons. The highest BCUT2D eigenvalue weighted by atomic mass is 79.9. The normalized spacial score (nSPS) is 10.5. The number of hydrogen-bond acceptors (Lipinski definition) is 3. The molecule has 2 nitrogen and oxygen atoms in total. The van der Waals surface area contributed by atoms with Crippen molar-refractivity contribution in [3.05, 3.63) is 48.8 Å². The molecular weight excluding hydrogens is 399 g/mol. The SMILES string of the molecule is COc1ccc(CC(=O)c2cc(Br)sc2Br)cc1F. The molecule has 0 amide bonds. The lowest BCUT2D eigenvalue weighted by Crippen LogP contribution is -2.03. The maximum Gasteiger partial charge on any atom is 0.169 e. The van der Waals surface area contributed by atoms with Gasteiger partial charge in [0.25, 0.3) is 0 Å². The highest BCUT2D eigenvalue weighted by molar-refractivity contribution is 9.12. The molecule has 0 fully saturated rings. The molecule has 100 valence electrons. The van der Waals surface area contributed by atoms with Gasteiger partial charge in [-0.1, -0.05) is 6.07 Å². The van der Waals surface area contributed by atoms with E-state index in [-0.39, 0.29) is 18.0 Å². The van der Waals surface area contributed by atoms with E-state index in [4.69, 9.17) is 4.74 Å². The molecule has 0 aliphatic heterocycles. The van der Waals surface area contributed by atoms with Crippen molar-refractivity contribution in [3.8, 4) is 5.75 Å². The van der Waals surface area contributed by atoms with Crippen molar-refractivity contribution in [2.45, 2.75) is 6.42 Å². The van der Waals surface area contributed by atoms with Crippen LogP contribution in [0.4, 0.5) is 4.39 Å². The van der Waals surface area contributed by atoms with Crippen LogP contribution in [-0.2, 0) is 6.42 Å². The van der Waals surface area contributed by atoms with Gasteiger partial charge in [-0.25, -0.2) is 4.39 Å². The second-order valence-electron chi connectivity index (χ2n) is 3.81. The zero-order chi connectivity index (χ0) is 14.0. The van der Waals surface area contributed by atoms with Crippen molar-refractivity contribution in [1.82, 2.24) is 0 Å². The number of carbonyl (C=O) groups excluding carboxylic acids is 1. The van der Waals surface area contributed by atoms with E-state index in [0.29, 0.717) is 11.1 Å². The highest BCUT2D eigenvalue weighted by Crippen LogP contribution is 2.32. The van der Waals surface area contributed by atoms with Gasteiger partial charge in [-0.05, 0) is 55.6 Å². The predicted octanol–water partition coefficient (Wildman–Crippen LogP) is 4.85. The Kier molecular flexibility index (Phi) is 4.76. The van der Waals surface area contributed by atoms with Crippen LogP contribution in [0.15, 0.2) is 31.8 Å². The van der Waals surface area contributed by atoms with E-state index in [1.807, 2.05) is 0 Å². The smallest absolute Gasteiger partial charge is 0.169 e. The van der Waals surface area contributed by atoms with Crippen LogP contribution in [0.2, 0.25) is 0 Å². The fourth-order valence-electron chi connectivity index (χ4n) is 1.63. The van der Waals surface area contributed by atoms with Crippen molar-refractivity contribution in [3.63, 3.8) is 0 Å². The average Bonchev–Trinajstić information content (AvgIpc) is 2.69. The number of thiophene rings is 1. The summed E-state index contributed by atoms with van der Waals surface area (Å²) in [6.07, 6.45) is 0.155. The summed E-state index contributed by atoms with van der Waals surface area (Å²) < 4.78 is 20.0. The zero-order valence-electron chi connectivity index (χ0n) is 9.88. The van der Waals surface area contributed by atoms with Gasteiger partial charge >= 0.3 is 0 Å². The standard InChI is InChI=1S/C13H9Br2FO2S/c1-18-11-3-2-7(4-9(11)16)5-10(17)8-6-12(14)19-13(8)15/h2-4,6H,5H2,1H3. The van der Waals surface area contributed by atoms with Crippen LogP contribution >= 0.6 is 43.2 Å². The number of halogens is 3. The first-order valence-corrected chi connectivity index (χ1v) is 7.72. The second kappa shape index (κ2) is 6.15. The van der Waals surface area contributed by atoms with Crippen LogP contribution in [0.3, 0.4) is 0 Å². The van der Waals surface area contributed by atoms with Gasteiger partial charge in [-0.3, -0.25) is 4.79 Å². The third-order valence-corrected chi connectivity index (χ3v) is 4.88. The van der Waals surface area contributed by atoms with E-state index < -0.39 is 5.82 Å². The summed E-state index contributed by atoms with van der Waals surface area (Å²) in [5, 5.41) is 0. The number of ketones is 1. The van der Waals surface area contributed by atoms with Crippen molar-refractivity contribution >= 4 is 49.0 Å². The quantitative estimate of drug-likeness (QED) is 0.677. The number of benzene rings is 1. The van der Waals surface area contributed by atoms with Crippen molar-refractivity contribution in [2.24, 2.45) is 0 Å². The Morgan fingerprint density at radius 1 is 1.37 bits per heavy atom. The summed E-state index contributed by atoms with van der Waals surface area (Å²) in [6.45, 7) is 0. The molecule has 6 heteroatoms. The topological polar surface area (TPSA) is 26.3 Å². The number of ether oxygens (including phenoxy) is 1. The summed E-state index contributed by atoms with van der Waals surface area (Å²) in [6, 6.07) is 6.30. The first-order valence-electron chi connectivity index (χ1n) is 5.31. The van der Waals surface area contributed by atoms with Gasteiger partial charge in [0.1, 0.15) is 0 Å². The molecule has 2 rings (SSSR count). The summed E-state index contributed by atoms with van der Waals surface area (Å²) in [5.74, 6) is -0.340. The molecule has 0 N–H and O–H groups in total. The summed E-state index contributed by atoms with van der Waals surface area (Å²) in [4.78, 5) is 12.1. The average molecular weight is 408 g/mol. The predicted molar refractivity (Wildman–Crippen MR) is 80.7 cm³/mol. The number of Topliss-reactive ketones (excluding diaryl/α,β-unsaturated/α-hetero) is 1. The molecule has 2 aromatic rings. The van der Waals surface area contributed by atoms with Gasteiger partial charge in [0, 0.05) is 12.0 Å². The maximum absolute atomic E-state index is 13.5. The van der Waals surface area contributed by atoms with Crippen LogP contribution in [0, 0.1) is 5.82 Å². The molecule has 0 spiro atoms. The summed E-state index contributed by atoms with van der Waals surface area (Å²) in [5.41, 5.74) is 1.23. The summed E-state index contributed by atoms with van der Waals surface area (Å²) >= 11 is 8.10. The second-order valence-corrected chi connectivity index (χ2v) is 7.56. The minimum absolute atomic E-state index is 0.0570. The van der Waals surface area contributed by atoms with Gasteiger partial charge in [0.15, 0.2) is 17.3 Å². The summed E-state index contributed by atoms with van der Waals surface area (Å²) in [7, 11) is 1.41. The van der Waals surface area contributed by atoms with Gasteiger partial charge in [-0.2, -0.15) is 0 Å². The monoisotopic (exact) mass is 406 g/mol. The van der Waals surface area contributed by atoms with Crippen LogP contribution in [0.5, 0.6) is 5.75 Å². The minimum atomic E-state index is -0.460. The fraction of sp³-hybridized carbons (Fsp3) is 0.154.